The number of rotatable bonds is 5. The summed E-state index contributed by atoms with van der Waals surface area (Å²) in [5.41, 5.74) is 0.847. The van der Waals surface area contributed by atoms with Crippen molar-refractivity contribution in [3.05, 3.63) is 28.2 Å². The number of nitrogens with zero attached hydrogens (tertiary/aromatic N) is 1. The third-order valence-corrected chi connectivity index (χ3v) is 2.57. The molecule has 0 aliphatic heterocycles. The fourth-order valence-corrected chi connectivity index (χ4v) is 1.91. The molecule has 0 saturated carbocycles. The molecule has 0 radical (unpaired) electrons. The second-order valence-corrected chi connectivity index (χ2v) is 4.07. The lowest BCUT2D eigenvalue weighted by Gasteiger charge is -2.13. The van der Waals surface area contributed by atoms with Crippen LogP contribution in [0.3, 0.4) is 0 Å². The maximum atomic E-state index is 8.51. The molecule has 3 nitrogen and oxygen atoms in total. The first kappa shape index (κ1) is 14.2. The van der Waals surface area contributed by atoms with E-state index in [9.17, 15) is 0 Å². The second-order valence-electron chi connectivity index (χ2n) is 3.22. The van der Waals surface area contributed by atoms with E-state index < -0.39 is 0 Å². The average molecular weight is 306 g/mol. The van der Waals surface area contributed by atoms with Crippen LogP contribution in [-0.4, -0.2) is 13.2 Å². The van der Waals surface area contributed by atoms with Crippen molar-refractivity contribution in [2.45, 2.75) is 6.92 Å². The van der Waals surface area contributed by atoms with Crippen LogP contribution >= 0.6 is 15.9 Å². The van der Waals surface area contributed by atoms with Crippen molar-refractivity contribution in [3.8, 4) is 29.9 Å². The Morgan fingerprint density at radius 1 is 1.44 bits per heavy atom. The van der Waals surface area contributed by atoms with Crippen LogP contribution in [0.25, 0.3) is 6.08 Å². The molecule has 0 fully saturated rings. The summed E-state index contributed by atoms with van der Waals surface area (Å²) in [5.74, 6) is 3.58. The highest BCUT2D eigenvalue weighted by atomic mass is 79.9. The van der Waals surface area contributed by atoms with E-state index in [2.05, 4.69) is 21.9 Å². The zero-order valence-electron chi connectivity index (χ0n) is 9.94. The number of allylic oxidation sites excluding steroid dienone is 1. The van der Waals surface area contributed by atoms with Crippen molar-refractivity contribution in [3.63, 3.8) is 0 Å². The Labute approximate surface area is 115 Å². The van der Waals surface area contributed by atoms with E-state index in [0.717, 1.165) is 10.0 Å². The fraction of sp³-hybridized carbons (Fsp3) is 0.214. The summed E-state index contributed by atoms with van der Waals surface area (Å²) in [7, 11) is 0. The number of terminal acetylenes is 1. The van der Waals surface area contributed by atoms with Gasteiger partial charge in [-0.25, -0.2) is 0 Å². The van der Waals surface area contributed by atoms with Crippen LogP contribution in [0.1, 0.15) is 12.5 Å². The van der Waals surface area contributed by atoms with E-state index in [1.54, 1.807) is 12.1 Å². The van der Waals surface area contributed by atoms with Gasteiger partial charge in [-0.3, -0.25) is 0 Å². The summed E-state index contributed by atoms with van der Waals surface area (Å²) < 4.78 is 11.7. The zero-order valence-corrected chi connectivity index (χ0v) is 11.5. The van der Waals surface area contributed by atoms with Gasteiger partial charge in [0.15, 0.2) is 11.5 Å². The van der Waals surface area contributed by atoms with E-state index in [0.29, 0.717) is 18.1 Å². The SMILES string of the molecule is C#CCOc1c(Br)cc(/C=C/C#N)cc1OCC. The molecule has 0 N–H and O–H groups in total. The molecule has 0 spiro atoms. The number of benzene rings is 1. The van der Waals surface area contributed by atoms with Crippen molar-refractivity contribution < 1.29 is 9.47 Å². The smallest absolute Gasteiger partial charge is 0.176 e. The van der Waals surface area contributed by atoms with Gasteiger partial charge >= 0.3 is 0 Å². The van der Waals surface area contributed by atoms with Crippen LogP contribution in [0.5, 0.6) is 11.5 Å². The third-order valence-electron chi connectivity index (χ3n) is 1.98. The number of hydrogen-bond acceptors (Lipinski definition) is 3. The normalized spacial score (nSPS) is 9.78. The van der Waals surface area contributed by atoms with Gasteiger partial charge in [-0.15, -0.1) is 6.42 Å². The van der Waals surface area contributed by atoms with E-state index in [-0.39, 0.29) is 6.61 Å². The number of nitriles is 1. The van der Waals surface area contributed by atoms with Gasteiger partial charge < -0.3 is 9.47 Å². The van der Waals surface area contributed by atoms with Gasteiger partial charge in [-0.1, -0.05) is 5.92 Å². The van der Waals surface area contributed by atoms with Crippen LogP contribution in [0.15, 0.2) is 22.7 Å². The average Bonchev–Trinajstić information content (AvgIpc) is 2.36. The monoisotopic (exact) mass is 305 g/mol. The highest BCUT2D eigenvalue weighted by Crippen LogP contribution is 2.37. The molecule has 0 aliphatic rings. The summed E-state index contributed by atoms with van der Waals surface area (Å²) in [5, 5.41) is 8.51. The molecule has 1 aromatic carbocycles. The molecule has 18 heavy (non-hydrogen) atoms. The van der Waals surface area contributed by atoms with Crippen molar-refractivity contribution >= 4 is 22.0 Å². The summed E-state index contributed by atoms with van der Waals surface area (Å²) in [4.78, 5) is 0. The van der Waals surface area contributed by atoms with E-state index >= 15 is 0 Å². The summed E-state index contributed by atoms with van der Waals surface area (Å²) >= 11 is 3.40. The van der Waals surface area contributed by atoms with Gasteiger partial charge in [-0.2, -0.15) is 5.26 Å². The van der Waals surface area contributed by atoms with Crippen molar-refractivity contribution in [1.82, 2.24) is 0 Å². The molecule has 0 unspecified atom stereocenters. The summed E-state index contributed by atoms with van der Waals surface area (Å²) in [6, 6.07) is 5.58. The Morgan fingerprint density at radius 3 is 2.83 bits per heavy atom. The Kier molecular flexibility index (Phi) is 5.84. The predicted octanol–water partition coefficient (Wildman–Crippen LogP) is 3.40. The molecule has 0 heterocycles. The highest BCUT2D eigenvalue weighted by Gasteiger charge is 2.11. The minimum Gasteiger partial charge on any atom is -0.490 e. The standard InChI is InChI=1S/C14H12BrNO2/c1-3-8-18-14-12(15)9-11(6-5-7-16)10-13(14)17-4-2/h1,5-6,9-10H,4,8H2,2H3/b6-5+. The molecule has 0 atom stereocenters. The van der Waals surface area contributed by atoms with Gasteiger partial charge in [0.1, 0.15) is 6.61 Å². The second kappa shape index (κ2) is 7.42. The van der Waals surface area contributed by atoms with E-state index in [4.69, 9.17) is 21.2 Å². The first-order valence-electron chi connectivity index (χ1n) is 5.31. The Balaban J connectivity index is 3.14. The molecule has 0 amide bonds. The molecule has 92 valence electrons. The largest absolute Gasteiger partial charge is 0.490 e. The topological polar surface area (TPSA) is 42.2 Å². The molecular weight excluding hydrogens is 294 g/mol. The Bertz CT molecular complexity index is 524. The fourth-order valence-electron chi connectivity index (χ4n) is 1.33. The number of ether oxygens (including phenoxy) is 2. The maximum absolute atomic E-state index is 8.51. The number of halogens is 1. The minimum atomic E-state index is 0.173. The van der Waals surface area contributed by atoms with Gasteiger partial charge in [0.25, 0.3) is 0 Å². The highest BCUT2D eigenvalue weighted by molar-refractivity contribution is 9.10. The molecular formula is C14H12BrNO2. The van der Waals surface area contributed by atoms with Crippen LogP contribution in [0.4, 0.5) is 0 Å². The van der Waals surface area contributed by atoms with Crippen LogP contribution in [0, 0.1) is 23.7 Å². The maximum Gasteiger partial charge on any atom is 0.176 e. The van der Waals surface area contributed by atoms with E-state index in [1.165, 1.54) is 6.08 Å². The molecule has 1 rings (SSSR count). The van der Waals surface area contributed by atoms with Gasteiger partial charge in [0, 0.05) is 6.08 Å². The van der Waals surface area contributed by atoms with E-state index in [1.807, 2.05) is 19.1 Å². The minimum absolute atomic E-state index is 0.173. The number of hydrogen-bond donors (Lipinski definition) is 0. The lowest BCUT2D eigenvalue weighted by molar-refractivity contribution is 0.298. The predicted molar refractivity (Wildman–Crippen MR) is 74.3 cm³/mol. The third kappa shape index (κ3) is 3.84. The van der Waals surface area contributed by atoms with Gasteiger partial charge in [-0.05, 0) is 46.6 Å². The van der Waals surface area contributed by atoms with Gasteiger partial charge in [0.2, 0.25) is 0 Å². The van der Waals surface area contributed by atoms with Crippen molar-refractivity contribution in [2.24, 2.45) is 0 Å². The molecule has 4 heteroatoms. The molecule has 0 aliphatic carbocycles. The summed E-state index contributed by atoms with van der Waals surface area (Å²) in [6.07, 6.45) is 8.26. The first-order chi connectivity index (χ1) is 8.72. The quantitative estimate of drug-likeness (QED) is 0.618. The van der Waals surface area contributed by atoms with Crippen LogP contribution < -0.4 is 9.47 Å². The van der Waals surface area contributed by atoms with Gasteiger partial charge in [0.05, 0.1) is 17.1 Å². The Morgan fingerprint density at radius 2 is 2.22 bits per heavy atom. The molecule has 0 saturated heterocycles. The molecule has 1 aromatic rings. The lowest BCUT2D eigenvalue weighted by Crippen LogP contribution is -2.00. The Hall–Kier alpha value is -1.91. The lowest BCUT2D eigenvalue weighted by atomic mass is 10.2. The molecule has 0 bridgehead atoms. The summed E-state index contributed by atoms with van der Waals surface area (Å²) in [6.45, 7) is 2.58. The zero-order chi connectivity index (χ0) is 13.4. The van der Waals surface area contributed by atoms with Crippen molar-refractivity contribution in [2.75, 3.05) is 13.2 Å². The van der Waals surface area contributed by atoms with Crippen LogP contribution in [0.2, 0.25) is 0 Å². The van der Waals surface area contributed by atoms with Crippen LogP contribution in [-0.2, 0) is 0 Å². The first-order valence-corrected chi connectivity index (χ1v) is 6.11. The molecule has 0 aromatic heterocycles. The van der Waals surface area contributed by atoms with Crippen molar-refractivity contribution in [1.29, 1.82) is 5.26 Å².